The van der Waals surface area contributed by atoms with Crippen molar-refractivity contribution in [3.63, 3.8) is 0 Å². The lowest BCUT2D eigenvalue weighted by molar-refractivity contribution is -0.149. The van der Waals surface area contributed by atoms with Gasteiger partial charge in [-0.05, 0) is 39.8 Å². The number of aliphatic hydroxyl groups is 1. The monoisotopic (exact) mass is 566 g/mol. The number of esters is 1. The van der Waals surface area contributed by atoms with Crippen molar-refractivity contribution in [2.75, 3.05) is 19.0 Å². The van der Waals surface area contributed by atoms with Crippen LogP contribution in [0.4, 0.5) is 10.2 Å². The molecule has 39 heavy (non-hydrogen) atoms. The molecule has 0 saturated carbocycles. The molecule has 0 spiro atoms. The Morgan fingerprint density at radius 1 is 1.26 bits per heavy atom. The number of nitrogens with zero attached hydrogens (tertiary/aromatic N) is 4. The molecule has 15 heteroatoms. The summed E-state index contributed by atoms with van der Waals surface area (Å²) in [5.41, 5.74) is -1.63. The van der Waals surface area contributed by atoms with Crippen molar-refractivity contribution in [3.05, 3.63) is 43.0 Å². The summed E-state index contributed by atoms with van der Waals surface area (Å²) >= 11 is 0. The number of anilines is 1. The number of imidazole rings is 1. The van der Waals surface area contributed by atoms with Gasteiger partial charge in [-0.1, -0.05) is 18.2 Å². The maximum atomic E-state index is 15.9. The van der Waals surface area contributed by atoms with Gasteiger partial charge in [0.2, 0.25) is 0 Å². The minimum absolute atomic E-state index is 0.198. The Morgan fingerprint density at radius 2 is 1.97 bits per heavy atom. The minimum atomic E-state index is -4.26. The average Bonchev–Trinajstić information content (AvgIpc) is 3.41. The largest absolute Gasteiger partial charge is 0.462 e. The van der Waals surface area contributed by atoms with E-state index in [0.717, 1.165) is 0 Å². The Kier molecular flexibility index (Phi) is 8.52. The maximum Gasteiger partial charge on any atom is 0.459 e. The van der Waals surface area contributed by atoms with Crippen LogP contribution in [-0.2, 0) is 23.4 Å². The van der Waals surface area contributed by atoms with E-state index in [0.29, 0.717) is 11.3 Å². The Morgan fingerprint density at radius 3 is 2.64 bits per heavy atom. The first-order valence-corrected chi connectivity index (χ1v) is 13.8. The molecule has 212 valence electrons. The second-order valence-electron chi connectivity index (χ2n) is 9.45. The molecular weight excluding hydrogens is 534 g/mol. The SMILES string of the molecule is CNc1ncnc2c1ncn2[C@@H]1OC(CO[P@@](=O)(N[C@@H](C)C(=O)OC(C)C)Oc2ccccc2)[C@@H](O)[C@@]1(C)F. The number of hydrogen-bond donors (Lipinski definition) is 3. The van der Waals surface area contributed by atoms with Crippen LogP contribution in [0, 0.1) is 0 Å². The number of fused-ring (bicyclic) bond motifs is 1. The first kappa shape index (κ1) is 28.8. The van der Waals surface area contributed by atoms with E-state index in [1.165, 1.54) is 31.1 Å². The fourth-order valence-corrected chi connectivity index (χ4v) is 5.57. The standard InChI is InChI=1S/C24H32FN6O7P/c1-14(2)36-22(33)15(3)30-39(34,38-16-9-7-6-8-10-16)35-11-17-19(32)24(4,25)23(37-17)31-13-29-18-20(26-5)27-12-28-21(18)31/h6-10,12-15,17,19,23,32H,11H2,1-5H3,(H,30,34)(H,26,27,28)/t15-,17?,19+,23+,24+,39-/m0/s1. The van der Waals surface area contributed by atoms with Gasteiger partial charge in [0.15, 0.2) is 23.4 Å². The predicted octanol–water partition coefficient (Wildman–Crippen LogP) is 2.99. The Labute approximate surface area is 224 Å². The summed E-state index contributed by atoms with van der Waals surface area (Å²) in [7, 11) is -2.59. The molecule has 4 rings (SSSR count). The third-order valence-corrected chi connectivity index (χ3v) is 7.64. The topological polar surface area (TPSA) is 159 Å². The molecule has 0 bridgehead atoms. The second-order valence-corrected chi connectivity index (χ2v) is 11.1. The van der Waals surface area contributed by atoms with Crippen molar-refractivity contribution in [3.8, 4) is 5.75 Å². The van der Waals surface area contributed by atoms with Crippen LogP contribution in [0.1, 0.15) is 33.9 Å². The number of para-hydroxylation sites is 1. The van der Waals surface area contributed by atoms with Crippen LogP contribution in [0.15, 0.2) is 43.0 Å². The van der Waals surface area contributed by atoms with Gasteiger partial charge in [0, 0.05) is 7.05 Å². The predicted molar refractivity (Wildman–Crippen MR) is 139 cm³/mol. The number of carbonyl (C=O) groups excluding carboxylic acids is 1. The first-order valence-electron chi connectivity index (χ1n) is 12.3. The van der Waals surface area contributed by atoms with E-state index >= 15 is 4.39 Å². The van der Waals surface area contributed by atoms with Crippen LogP contribution in [0.3, 0.4) is 0 Å². The summed E-state index contributed by atoms with van der Waals surface area (Å²) < 4.78 is 53.2. The quantitative estimate of drug-likeness (QED) is 0.230. The van der Waals surface area contributed by atoms with Crippen molar-refractivity contribution in [1.82, 2.24) is 24.6 Å². The summed E-state index contributed by atoms with van der Waals surface area (Å²) in [6.45, 7) is 5.44. The second kappa shape index (κ2) is 11.5. The highest BCUT2D eigenvalue weighted by molar-refractivity contribution is 7.52. The Bertz CT molecular complexity index is 1340. The van der Waals surface area contributed by atoms with Crippen LogP contribution in [0.25, 0.3) is 11.2 Å². The van der Waals surface area contributed by atoms with Gasteiger partial charge in [-0.25, -0.2) is 23.9 Å². The highest BCUT2D eigenvalue weighted by Crippen LogP contribution is 2.48. The minimum Gasteiger partial charge on any atom is -0.462 e. The van der Waals surface area contributed by atoms with Crippen molar-refractivity contribution in [1.29, 1.82) is 0 Å². The lowest BCUT2D eigenvalue weighted by Crippen LogP contribution is -2.41. The average molecular weight is 567 g/mol. The number of aliphatic hydroxyl groups excluding tert-OH is 1. The zero-order valence-electron chi connectivity index (χ0n) is 22.1. The normalized spacial score (nSPS) is 25.4. The lowest BCUT2D eigenvalue weighted by atomic mass is 9.98. The Hall–Kier alpha value is -3.16. The summed E-state index contributed by atoms with van der Waals surface area (Å²) in [6, 6.07) is 7.10. The number of ether oxygens (including phenoxy) is 2. The third kappa shape index (κ3) is 6.20. The molecule has 1 saturated heterocycles. The zero-order valence-corrected chi connectivity index (χ0v) is 23.0. The van der Waals surface area contributed by atoms with Gasteiger partial charge in [0.1, 0.15) is 35.8 Å². The van der Waals surface area contributed by atoms with Crippen molar-refractivity contribution in [2.24, 2.45) is 0 Å². The van der Waals surface area contributed by atoms with E-state index in [1.54, 1.807) is 51.2 Å². The van der Waals surface area contributed by atoms with Crippen LogP contribution >= 0.6 is 7.75 Å². The van der Waals surface area contributed by atoms with E-state index in [2.05, 4.69) is 25.4 Å². The molecule has 2 aromatic heterocycles. The molecule has 1 aliphatic heterocycles. The molecule has 13 nitrogen and oxygen atoms in total. The van der Waals surface area contributed by atoms with Gasteiger partial charge in [-0.3, -0.25) is 13.9 Å². The highest BCUT2D eigenvalue weighted by Gasteiger charge is 2.56. The molecular formula is C24H32FN6O7P. The summed E-state index contributed by atoms with van der Waals surface area (Å²) in [5.74, 6) is -0.0364. The Balaban J connectivity index is 1.54. The van der Waals surface area contributed by atoms with Gasteiger partial charge >= 0.3 is 13.7 Å². The highest BCUT2D eigenvalue weighted by atomic mass is 31.2. The molecule has 6 atom stereocenters. The van der Waals surface area contributed by atoms with Crippen LogP contribution in [0.5, 0.6) is 5.75 Å². The summed E-state index contributed by atoms with van der Waals surface area (Å²) in [5, 5.41) is 16.3. The van der Waals surface area contributed by atoms with Crippen molar-refractivity contribution >= 4 is 30.7 Å². The van der Waals surface area contributed by atoms with Crippen LogP contribution in [-0.4, -0.2) is 74.3 Å². The van der Waals surface area contributed by atoms with Gasteiger partial charge in [0.25, 0.3) is 0 Å². The molecule has 3 aromatic rings. The zero-order chi connectivity index (χ0) is 28.4. The number of aromatic nitrogens is 4. The van der Waals surface area contributed by atoms with Crippen LogP contribution in [0.2, 0.25) is 0 Å². The fourth-order valence-electron chi connectivity index (χ4n) is 4.06. The molecule has 0 aliphatic carbocycles. The van der Waals surface area contributed by atoms with Crippen LogP contribution < -0.4 is 14.9 Å². The molecule has 1 unspecified atom stereocenters. The molecule has 1 aromatic carbocycles. The smallest absolute Gasteiger partial charge is 0.459 e. The molecule has 1 aliphatic rings. The summed E-state index contributed by atoms with van der Waals surface area (Å²) in [6.07, 6.45) is -2.05. The number of hydrogen-bond acceptors (Lipinski definition) is 11. The van der Waals surface area contributed by atoms with E-state index in [4.69, 9.17) is 18.5 Å². The van der Waals surface area contributed by atoms with Crippen molar-refractivity contribution in [2.45, 2.75) is 63.9 Å². The number of benzene rings is 1. The first-order chi connectivity index (χ1) is 18.4. The number of nitrogens with one attached hydrogen (secondary N) is 2. The van der Waals surface area contributed by atoms with Gasteiger partial charge < -0.3 is 24.4 Å². The number of alkyl halides is 1. The molecule has 1 fully saturated rings. The van der Waals surface area contributed by atoms with Gasteiger partial charge in [-0.15, -0.1) is 0 Å². The maximum absolute atomic E-state index is 15.9. The van der Waals surface area contributed by atoms with E-state index < -0.39 is 56.6 Å². The fraction of sp³-hybridized carbons (Fsp3) is 0.500. The van der Waals surface area contributed by atoms with E-state index in [-0.39, 0.29) is 11.4 Å². The molecule has 0 radical (unpaired) electrons. The van der Waals surface area contributed by atoms with E-state index in [9.17, 15) is 14.5 Å². The molecule has 3 N–H and O–H groups in total. The summed E-state index contributed by atoms with van der Waals surface area (Å²) in [4.78, 5) is 24.9. The lowest BCUT2D eigenvalue weighted by Gasteiger charge is -2.25. The van der Waals surface area contributed by atoms with Crippen molar-refractivity contribution < 1.29 is 37.4 Å². The number of rotatable bonds is 11. The van der Waals surface area contributed by atoms with Gasteiger partial charge in [-0.2, -0.15) is 5.09 Å². The number of carbonyl (C=O) groups is 1. The van der Waals surface area contributed by atoms with Gasteiger partial charge in [0.05, 0.1) is 19.0 Å². The number of halogens is 1. The third-order valence-electron chi connectivity index (χ3n) is 6.00. The molecule has 3 heterocycles. The molecule has 0 amide bonds. The van der Waals surface area contributed by atoms with E-state index in [1.807, 2.05) is 0 Å².